The van der Waals surface area contributed by atoms with Crippen LogP contribution in [0, 0.1) is 0 Å². The van der Waals surface area contributed by atoms with E-state index < -0.39 is 18.1 Å². The molecule has 0 fully saturated rings. The van der Waals surface area contributed by atoms with E-state index in [1.165, 1.54) is 7.05 Å². The van der Waals surface area contributed by atoms with Crippen LogP contribution < -0.4 is 5.48 Å². The van der Waals surface area contributed by atoms with E-state index in [0.717, 1.165) is 10.5 Å². The number of benzene rings is 1. The highest BCUT2D eigenvalue weighted by atomic mass is 16.7. The van der Waals surface area contributed by atoms with Crippen molar-refractivity contribution < 1.29 is 24.6 Å². The molecule has 1 rings (SSSR count). The van der Waals surface area contributed by atoms with E-state index in [0.29, 0.717) is 0 Å². The van der Waals surface area contributed by atoms with Crippen molar-refractivity contribution in [3.05, 3.63) is 35.9 Å². The van der Waals surface area contributed by atoms with Crippen LogP contribution in [0.15, 0.2) is 30.3 Å². The summed E-state index contributed by atoms with van der Waals surface area (Å²) in [6.07, 6.45) is -0.564. The Hall–Kier alpha value is -2.12. The molecule has 0 heterocycles. The molecule has 7 heteroatoms. The van der Waals surface area contributed by atoms with E-state index >= 15 is 0 Å². The number of aliphatic carboxylic acids is 1. The Kier molecular flexibility index (Phi) is 6.48. The fourth-order valence-corrected chi connectivity index (χ4v) is 1.47. The Balaban J connectivity index is 2.52. The van der Waals surface area contributed by atoms with Crippen molar-refractivity contribution >= 4 is 12.1 Å². The molecule has 7 nitrogen and oxygen atoms in total. The topological polar surface area (TPSA) is 99.1 Å². The number of carbonyl (C=O) groups is 2. The molecule has 0 saturated heterocycles. The van der Waals surface area contributed by atoms with Gasteiger partial charge in [-0.3, -0.25) is 4.79 Å². The summed E-state index contributed by atoms with van der Waals surface area (Å²) in [5.41, 5.74) is 3.05. The highest BCUT2D eigenvalue weighted by molar-refractivity contribution is 5.74. The van der Waals surface area contributed by atoms with Crippen LogP contribution in [-0.2, 0) is 16.1 Å². The molecule has 0 aliphatic heterocycles. The summed E-state index contributed by atoms with van der Waals surface area (Å²) >= 11 is 0. The quantitative estimate of drug-likeness (QED) is 0.620. The van der Waals surface area contributed by atoms with Crippen molar-refractivity contribution in [1.29, 1.82) is 0 Å². The minimum Gasteiger partial charge on any atom is -0.480 e. The van der Waals surface area contributed by atoms with Gasteiger partial charge in [0.05, 0.1) is 6.61 Å². The summed E-state index contributed by atoms with van der Waals surface area (Å²) in [7, 11) is 1.44. The maximum absolute atomic E-state index is 11.4. The van der Waals surface area contributed by atoms with Crippen molar-refractivity contribution in [3.8, 4) is 0 Å². The molecule has 3 N–H and O–H groups in total. The minimum atomic E-state index is -1.12. The SMILES string of the molecule is CN(CCO)C(=O)ON[C@@H](Cc1ccccc1)C(=O)O. The van der Waals surface area contributed by atoms with Gasteiger partial charge >= 0.3 is 12.1 Å². The summed E-state index contributed by atoms with van der Waals surface area (Å²) < 4.78 is 0. The molecule has 1 aromatic carbocycles. The zero-order chi connectivity index (χ0) is 15.0. The summed E-state index contributed by atoms with van der Waals surface area (Å²) in [5.74, 6) is -1.12. The van der Waals surface area contributed by atoms with Gasteiger partial charge in [-0.1, -0.05) is 30.3 Å². The smallest absolute Gasteiger partial charge is 0.428 e. The fraction of sp³-hybridized carbons (Fsp3) is 0.385. The van der Waals surface area contributed by atoms with Crippen molar-refractivity contribution in [2.24, 2.45) is 0 Å². The molecule has 20 heavy (non-hydrogen) atoms. The normalized spacial score (nSPS) is 11.7. The summed E-state index contributed by atoms with van der Waals surface area (Å²) in [6, 6.07) is 7.97. The van der Waals surface area contributed by atoms with Gasteiger partial charge in [0.1, 0.15) is 6.04 Å². The summed E-state index contributed by atoms with van der Waals surface area (Å²) in [5, 5.41) is 17.8. The number of likely N-dealkylation sites (N-methyl/N-ethyl adjacent to an activating group) is 1. The fourth-order valence-electron chi connectivity index (χ4n) is 1.47. The largest absolute Gasteiger partial charge is 0.480 e. The first-order chi connectivity index (χ1) is 9.54. The molecule has 0 unspecified atom stereocenters. The molecule has 0 saturated carbocycles. The van der Waals surface area contributed by atoms with Gasteiger partial charge < -0.3 is 20.0 Å². The zero-order valence-corrected chi connectivity index (χ0v) is 11.2. The van der Waals surface area contributed by atoms with Gasteiger partial charge in [0.15, 0.2) is 0 Å². The third kappa shape index (κ3) is 5.25. The highest BCUT2D eigenvalue weighted by Gasteiger charge is 2.20. The van der Waals surface area contributed by atoms with Gasteiger partial charge in [0.25, 0.3) is 0 Å². The predicted octanol–water partition coefficient (Wildman–Crippen LogP) is 0.248. The summed E-state index contributed by atoms with van der Waals surface area (Å²) in [4.78, 5) is 28.4. The van der Waals surface area contributed by atoms with E-state index in [4.69, 9.17) is 15.1 Å². The van der Waals surface area contributed by atoms with E-state index in [1.54, 1.807) is 24.3 Å². The lowest BCUT2D eigenvalue weighted by Crippen LogP contribution is -2.43. The van der Waals surface area contributed by atoms with Crippen molar-refractivity contribution in [2.45, 2.75) is 12.5 Å². The van der Waals surface area contributed by atoms with E-state index in [2.05, 4.69) is 5.48 Å². The van der Waals surface area contributed by atoms with Crippen LogP contribution >= 0.6 is 0 Å². The number of hydroxylamine groups is 1. The number of carbonyl (C=O) groups excluding carboxylic acids is 1. The second kappa shape index (κ2) is 8.13. The molecule has 1 aromatic rings. The number of aliphatic hydroxyl groups excluding tert-OH is 1. The Labute approximate surface area is 116 Å². The second-order valence-electron chi connectivity index (χ2n) is 4.21. The third-order valence-corrected chi connectivity index (χ3v) is 2.62. The second-order valence-corrected chi connectivity index (χ2v) is 4.21. The van der Waals surface area contributed by atoms with E-state index in [-0.39, 0.29) is 19.6 Å². The molecule has 110 valence electrons. The molecule has 1 atom stereocenters. The van der Waals surface area contributed by atoms with E-state index in [9.17, 15) is 9.59 Å². The van der Waals surface area contributed by atoms with Crippen LogP contribution in [0.2, 0.25) is 0 Å². The number of aliphatic hydroxyl groups is 1. The maximum Gasteiger partial charge on any atom is 0.428 e. The maximum atomic E-state index is 11.4. The number of rotatable bonds is 7. The monoisotopic (exact) mass is 282 g/mol. The Bertz CT molecular complexity index is 438. The predicted molar refractivity (Wildman–Crippen MR) is 70.9 cm³/mol. The first-order valence-corrected chi connectivity index (χ1v) is 6.09. The zero-order valence-electron chi connectivity index (χ0n) is 11.2. The number of nitrogens with one attached hydrogen (secondary N) is 1. The Morgan fingerprint density at radius 3 is 2.55 bits per heavy atom. The number of carboxylic acids is 1. The van der Waals surface area contributed by atoms with Gasteiger partial charge in [0.2, 0.25) is 0 Å². The van der Waals surface area contributed by atoms with Gasteiger partial charge in [-0.25, -0.2) is 4.79 Å². The lowest BCUT2D eigenvalue weighted by atomic mass is 10.1. The van der Waals surface area contributed by atoms with Gasteiger partial charge in [-0.2, -0.15) is 0 Å². The Morgan fingerprint density at radius 1 is 1.35 bits per heavy atom. The highest BCUT2D eigenvalue weighted by Crippen LogP contribution is 2.03. The van der Waals surface area contributed by atoms with E-state index in [1.807, 2.05) is 6.07 Å². The summed E-state index contributed by atoms with van der Waals surface area (Å²) in [6.45, 7) is -0.0884. The minimum absolute atomic E-state index is 0.108. The Morgan fingerprint density at radius 2 is 2.00 bits per heavy atom. The van der Waals surface area contributed by atoms with Crippen molar-refractivity contribution in [1.82, 2.24) is 10.4 Å². The van der Waals surface area contributed by atoms with Gasteiger partial charge in [-0.15, -0.1) is 5.48 Å². The first kappa shape index (κ1) is 15.9. The number of hydrogen-bond donors (Lipinski definition) is 3. The van der Waals surface area contributed by atoms with Crippen molar-refractivity contribution in [3.63, 3.8) is 0 Å². The number of carboxylic acid groups (broad SMARTS) is 1. The van der Waals surface area contributed by atoms with Crippen molar-refractivity contribution in [2.75, 3.05) is 20.2 Å². The molecule has 0 aliphatic rings. The van der Waals surface area contributed by atoms with Crippen LogP contribution in [0.1, 0.15) is 5.56 Å². The van der Waals surface area contributed by atoms with Crippen LogP contribution in [-0.4, -0.2) is 53.4 Å². The molecule has 0 radical (unpaired) electrons. The van der Waals surface area contributed by atoms with Crippen LogP contribution in [0.25, 0.3) is 0 Å². The first-order valence-electron chi connectivity index (χ1n) is 6.09. The molecular formula is C13H18N2O5. The average molecular weight is 282 g/mol. The lowest BCUT2D eigenvalue weighted by Gasteiger charge is -2.18. The molecule has 0 bridgehead atoms. The van der Waals surface area contributed by atoms with Crippen LogP contribution in [0.4, 0.5) is 4.79 Å². The lowest BCUT2D eigenvalue weighted by molar-refractivity contribution is -0.142. The molecule has 0 aliphatic carbocycles. The van der Waals surface area contributed by atoms with Crippen LogP contribution in [0.5, 0.6) is 0 Å². The molecular weight excluding hydrogens is 264 g/mol. The van der Waals surface area contributed by atoms with Gasteiger partial charge in [0, 0.05) is 20.0 Å². The molecule has 0 spiro atoms. The third-order valence-electron chi connectivity index (χ3n) is 2.62. The number of amides is 1. The van der Waals surface area contributed by atoms with Crippen LogP contribution in [0.3, 0.4) is 0 Å². The molecule has 0 aromatic heterocycles. The number of hydrogen-bond acceptors (Lipinski definition) is 5. The van der Waals surface area contributed by atoms with Gasteiger partial charge in [-0.05, 0) is 5.56 Å². The standard InChI is InChI=1S/C13H18N2O5/c1-15(7-8-16)13(19)20-14-11(12(17)18)9-10-5-3-2-4-6-10/h2-6,11,14,16H,7-9H2,1H3,(H,17,18)/t11-/m0/s1. The number of nitrogens with zero attached hydrogens (tertiary/aromatic N) is 1. The average Bonchev–Trinajstić information content (AvgIpc) is 2.44. The molecule has 1 amide bonds.